The van der Waals surface area contributed by atoms with Gasteiger partial charge in [-0.1, -0.05) is 61.5 Å². The molecule has 0 atom stereocenters. The number of fused-ring (bicyclic) bond motifs is 1. The number of allylic oxidation sites excluding steroid dienone is 1. The van der Waals surface area contributed by atoms with Gasteiger partial charge in [-0.3, -0.25) is 14.3 Å². The molecule has 0 spiro atoms. The highest BCUT2D eigenvalue weighted by atomic mass is 32.2. The lowest BCUT2D eigenvalue weighted by atomic mass is 10.1. The molecule has 0 aliphatic heterocycles. The van der Waals surface area contributed by atoms with Gasteiger partial charge in [-0.05, 0) is 12.0 Å². The van der Waals surface area contributed by atoms with Crippen LogP contribution in [-0.2, 0) is 32.3 Å². The number of rotatable bonds is 10. The smallest absolute Gasteiger partial charge is 0.325 e. The first-order valence-electron chi connectivity index (χ1n) is 10.9. The Morgan fingerprint density at radius 2 is 1.91 bits per heavy atom. The van der Waals surface area contributed by atoms with Gasteiger partial charge in [0.1, 0.15) is 11.6 Å². The molecule has 0 aliphatic rings. The number of imidazole rings is 1. The van der Waals surface area contributed by atoms with E-state index in [1.165, 1.54) is 11.8 Å². The van der Waals surface area contributed by atoms with Gasteiger partial charge in [-0.15, -0.1) is 16.8 Å². The Bertz CT molecular complexity index is 1380. The highest BCUT2D eigenvalue weighted by molar-refractivity contribution is 7.98. The Balaban J connectivity index is 1.63. The van der Waals surface area contributed by atoms with Crippen LogP contribution < -0.4 is 11.2 Å². The lowest BCUT2D eigenvalue weighted by Crippen LogP contribution is -2.31. The Hall–Kier alpha value is -3.40. The second kappa shape index (κ2) is 10.0. The molecule has 33 heavy (non-hydrogen) atoms. The summed E-state index contributed by atoms with van der Waals surface area (Å²) in [5.74, 6) is 2.03. The fraction of sp³-hybridized carbons (Fsp3) is 0.348. The van der Waals surface area contributed by atoms with Gasteiger partial charge in [-0.25, -0.2) is 9.78 Å². The second-order valence-electron chi connectivity index (χ2n) is 7.77. The van der Waals surface area contributed by atoms with E-state index in [1.54, 1.807) is 16.2 Å². The fourth-order valence-electron chi connectivity index (χ4n) is 3.72. The molecule has 0 aliphatic carbocycles. The highest BCUT2D eigenvalue weighted by Gasteiger charge is 2.18. The predicted octanol–water partition coefficient (Wildman–Crippen LogP) is 2.88. The molecule has 1 N–H and O–H groups in total. The number of H-pyrrole nitrogens is 1. The van der Waals surface area contributed by atoms with E-state index in [1.807, 2.05) is 28.8 Å². The molecular weight excluding hydrogens is 438 g/mol. The number of aromatic nitrogens is 7. The number of aromatic amines is 1. The van der Waals surface area contributed by atoms with E-state index in [2.05, 4.69) is 45.8 Å². The SMILES string of the molecule is C=CCn1c(Cc2ccccc2)nnc1SCc1nc2c(c(=O)[nH]c(=O)n2CCCC)n1C. The van der Waals surface area contributed by atoms with Gasteiger partial charge in [0, 0.05) is 26.6 Å². The molecule has 4 aromatic rings. The van der Waals surface area contributed by atoms with Crippen molar-refractivity contribution in [1.29, 1.82) is 0 Å². The van der Waals surface area contributed by atoms with E-state index >= 15 is 0 Å². The molecule has 0 fully saturated rings. The zero-order chi connectivity index (χ0) is 23.4. The predicted molar refractivity (Wildman–Crippen MR) is 130 cm³/mol. The number of unbranched alkanes of at least 4 members (excludes halogenated alkanes) is 1. The number of nitrogens with zero attached hydrogens (tertiary/aromatic N) is 6. The minimum atomic E-state index is -0.422. The van der Waals surface area contributed by atoms with Crippen molar-refractivity contribution >= 4 is 22.9 Å². The van der Waals surface area contributed by atoms with Crippen molar-refractivity contribution in [2.75, 3.05) is 0 Å². The van der Waals surface area contributed by atoms with E-state index in [9.17, 15) is 9.59 Å². The van der Waals surface area contributed by atoms with Crippen LogP contribution in [0.15, 0.2) is 57.7 Å². The van der Waals surface area contributed by atoms with Gasteiger partial charge < -0.3 is 9.13 Å². The summed E-state index contributed by atoms with van der Waals surface area (Å²) in [5.41, 5.74) is 1.14. The largest absolute Gasteiger partial charge is 0.330 e. The van der Waals surface area contributed by atoms with Crippen molar-refractivity contribution in [1.82, 2.24) is 33.9 Å². The van der Waals surface area contributed by atoms with Crippen LogP contribution in [0.3, 0.4) is 0 Å². The van der Waals surface area contributed by atoms with Gasteiger partial charge in [0.05, 0.1) is 5.75 Å². The Morgan fingerprint density at radius 3 is 2.64 bits per heavy atom. The molecule has 4 rings (SSSR count). The maximum atomic E-state index is 12.5. The monoisotopic (exact) mass is 465 g/mol. The minimum absolute atomic E-state index is 0.402. The lowest BCUT2D eigenvalue weighted by molar-refractivity contribution is 0.613. The molecule has 10 heteroatoms. The molecule has 3 heterocycles. The first-order valence-corrected chi connectivity index (χ1v) is 11.9. The van der Waals surface area contributed by atoms with Crippen molar-refractivity contribution in [3.63, 3.8) is 0 Å². The molecule has 0 radical (unpaired) electrons. The third-order valence-electron chi connectivity index (χ3n) is 5.48. The molecular formula is C23H27N7O2S. The molecule has 9 nitrogen and oxygen atoms in total. The van der Waals surface area contributed by atoms with Crippen molar-refractivity contribution in [2.45, 2.75) is 50.2 Å². The number of thioether (sulfide) groups is 1. The molecule has 1 aromatic carbocycles. The maximum absolute atomic E-state index is 12.5. The van der Waals surface area contributed by atoms with Crippen LogP contribution in [0.4, 0.5) is 0 Å². The standard InChI is InChI=1S/C23H27N7O2S/c1-4-6-13-30-20-19(21(31)25-22(30)32)28(3)18(24-20)15-33-23-27-26-17(29(23)12-5-2)14-16-10-8-7-9-11-16/h5,7-11H,2,4,6,12-15H2,1,3H3,(H,25,31,32). The molecule has 0 unspecified atom stereocenters. The number of benzene rings is 1. The molecule has 0 amide bonds. The molecule has 3 aromatic heterocycles. The summed E-state index contributed by atoms with van der Waals surface area (Å²) in [7, 11) is 1.80. The van der Waals surface area contributed by atoms with E-state index in [4.69, 9.17) is 0 Å². The summed E-state index contributed by atoms with van der Waals surface area (Å²) >= 11 is 1.49. The minimum Gasteiger partial charge on any atom is -0.325 e. The number of hydrogen-bond donors (Lipinski definition) is 1. The number of aryl methyl sites for hydroxylation is 2. The Morgan fingerprint density at radius 1 is 1.12 bits per heavy atom. The Kier molecular flexibility index (Phi) is 6.93. The topological polar surface area (TPSA) is 103 Å². The van der Waals surface area contributed by atoms with Crippen LogP contribution in [0.2, 0.25) is 0 Å². The lowest BCUT2D eigenvalue weighted by Gasteiger charge is -2.08. The Labute approximate surface area is 195 Å². The molecule has 0 saturated heterocycles. The van der Waals surface area contributed by atoms with Crippen molar-refractivity contribution in [2.24, 2.45) is 7.05 Å². The third kappa shape index (κ3) is 4.70. The van der Waals surface area contributed by atoms with Gasteiger partial charge in [0.25, 0.3) is 5.56 Å². The summed E-state index contributed by atoms with van der Waals surface area (Å²) in [6.07, 6.45) is 4.26. The molecule has 172 valence electrons. The first kappa shape index (κ1) is 22.8. The zero-order valence-corrected chi connectivity index (χ0v) is 19.6. The van der Waals surface area contributed by atoms with Crippen LogP contribution in [-0.4, -0.2) is 33.9 Å². The van der Waals surface area contributed by atoms with Gasteiger partial charge in [0.15, 0.2) is 16.3 Å². The number of nitrogens with one attached hydrogen (secondary N) is 1. The summed E-state index contributed by atoms with van der Waals surface area (Å²) in [6, 6.07) is 10.1. The number of hydrogen-bond acceptors (Lipinski definition) is 6. The van der Waals surface area contributed by atoms with Gasteiger partial charge >= 0.3 is 5.69 Å². The maximum Gasteiger partial charge on any atom is 0.330 e. The van der Waals surface area contributed by atoms with E-state index in [0.29, 0.717) is 42.3 Å². The summed E-state index contributed by atoms with van der Waals surface area (Å²) < 4.78 is 5.34. The van der Waals surface area contributed by atoms with Crippen LogP contribution in [0.1, 0.15) is 37.0 Å². The zero-order valence-electron chi connectivity index (χ0n) is 18.8. The normalized spacial score (nSPS) is 11.3. The molecule has 0 bridgehead atoms. The third-order valence-corrected chi connectivity index (χ3v) is 6.44. The van der Waals surface area contributed by atoms with Crippen molar-refractivity contribution in [3.8, 4) is 0 Å². The first-order chi connectivity index (χ1) is 16.0. The summed E-state index contributed by atoms with van der Waals surface area (Å²) in [4.78, 5) is 31.9. The van der Waals surface area contributed by atoms with E-state index in [-0.39, 0.29) is 0 Å². The van der Waals surface area contributed by atoms with Gasteiger partial charge in [-0.2, -0.15) is 0 Å². The highest BCUT2D eigenvalue weighted by Crippen LogP contribution is 2.24. The second-order valence-corrected chi connectivity index (χ2v) is 8.72. The average Bonchev–Trinajstić information content (AvgIpc) is 3.34. The van der Waals surface area contributed by atoms with Gasteiger partial charge in [0.2, 0.25) is 0 Å². The van der Waals surface area contributed by atoms with Crippen LogP contribution in [0, 0.1) is 0 Å². The summed E-state index contributed by atoms with van der Waals surface area (Å²) in [5, 5.41) is 9.54. The van der Waals surface area contributed by atoms with Crippen LogP contribution in [0.5, 0.6) is 0 Å². The van der Waals surface area contributed by atoms with E-state index < -0.39 is 11.2 Å². The average molecular weight is 466 g/mol. The van der Waals surface area contributed by atoms with Crippen molar-refractivity contribution < 1.29 is 0 Å². The van der Waals surface area contributed by atoms with Crippen LogP contribution in [0.25, 0.3) is 11.2 Å². The van der Waals surface area contributed by atoms with Crippen LogP contribution >= 0.6 is 11.8 Å². The summed E-state index contributed by atoms with van der Waals surface area (Å²) in [6.45, 7) is 7.03. The van der Waals surface area contributed by atoms with Crippen molar-refractivity contribution in [3.05, 3.63) is 81.0 Å². The molecule has 0 saturated carbocycles. The van der Waals surface area contributed by atoms with E-state index in [0.717, 1.165) is 29.4 Å². The fourth-order valence-corrected chi connectivity index (χ4v) is 4.67. The quantitative estimate of drug-likeness (QED) is 0.285.